The third-order valence-electron chi connectivity index (χ3n) is 4.16. The Labute approximate surface area is 150 Å². The average Bonchev–Trinajstić information content (AvgIpc) is 3.32. The van der Waals surface area contributed by atoms with E-state index in [9.17, 15) is 5.11 Å². The summed E-state index contributed by atoms with van der Waals surface area (Å²) in [7, 11) is 0. The summed E-state index contributed by atoms with van der Waals surface area (Å²) in [5, 5.41) is 22.6. The van der Waals surface area contributed by atoms with Gasteiger partial charge in [0.05, 0.1) is 6.54 Å². The van der Waals surface area contributed by atoms with Gasteiger partial charge in [-0.15, -0.1) is 10.2 Å². The zero-order chi connectivity index (χ0) is 17.9. The van der Waals surface area contributed by atoms with Crippen molar-refractivity contribution in [2.24, 2.45) is 0 Å². The molecule has 0 aliphatic rings. The maximum atomic E-state index is 10.6. The molecule has 4 rings (SSSR count). The van der Waals surface area contributed by atoms with Crippen LogP contribution in [0.5, 0.6) is 0 Å². The van der Waals surface area contributed by atoms with Crippen LogP contribution in [0.15, 0.2) is 65.4 Å². The number of hydrogen-bond donors (Lipinski definition) is 1. The lowest BCUT2D eigenvalue weighted by molar-refractivity contribution is 0.204. The quantitative estimate of drug-likeness (QED) is 0.597. The van der Waals surface area contributed by atoms with Gasteiger partial charge in [0.1, 0.15) is 12.4 Å². The number of rotatable bonds is 5. The van der Waals surface area contributed by atoms with Gasteiger partial charge in [-0.3, -0.25) is 0 Å². The molecule has 0 radical (unpaired) electrons. The van der Waals surface area contributed by atoms with Gasteiger partial charge in [0.2, 0.25) is 0 Å². The number of nitrogens with zero attached hydrogens (tertiary/aromatic N) is 5. The largest absolute Gasteiger partial charge is 0.380 e. The van der Waals surface area contributed by atoms with Gasteiger partial charge in [-0.1, -0.05) is 53.7 Å². The van der Waals surface area contributed by atoms with Crippen molar-refractivity contribution in [2.45, 2.75) is 19.6 Å². The van der Waals surface area contributed by atoms with Crippen LogP contribution in [0.2, 0.25) is 0 Å². The van der Waals surface area contributed by atoms with E-state index >= 15 is 0 Å². The van der Waals surface area contributed by atoms with Crippen molar-refractivity contribution < 1.29 is 9.63 Å². The highest BCUT2D eigenvalue weighted by Gasteiger charge is 2.19. The predicted molar refractivity (Wildman–Crippen MR) is 94.1 cm³/mol. The molecule has 2 aromatic carbocycles. The minimum atomic E-state index is -0.874. The molecule has 0 saturated carbocycles. The molecule has 130 valence electrons. The lowest BCUT2D eigenvalue weighted by atomic mass is 10.1. The first-order valence-electron chi connectivity index (χ1n) is 8.21. The zero-order valence-electron chi connectivity index (χ0n) is 14.1. The van der Waals surface area contributed by atoms with Crippen LogP contribution in [0.25, 0.3) is 11.5 Å². The normalized spacial score (nSPS) is 12.2. The highest BCUT2D eigenvalue weighted by atomic mass is 16.5. The van der Waals surface area contributed by atoms with Crippen molar-refractivity contribution in [3.05, 3.63) is 83.7 Å². The van der Waals surface area contributed by atoms with Crippen LogP contribution >= 0.6 is 0 Å². The van der Waals surface area contributed by atoms with Crippen molar-refractivity contribution in [2.75, 3.05) is 0 Å². The molecule has 1 N–H and O–H groups in total. The molecule has 26 heavy (non-hydrogen) atoms. The minimum absolute atomic E-state index is 0.307. The lowest BCUT2D eigenvalue weighted by Gasteiger charge is -2.11. The Morgan fingerprint density at radius 3 is 2.65 bits per heavy atom. The monoisotopic (exact) mass is 347 g/mol. The first-order chi connectivity index (χ1) is 12.7. The molecule has 0 aliphatic carbocycles. The number of hydrogen-bond acceptors (Lipinski definition) is 6. The van der Waals surface area contributed by atoms with Crippen LogP contribution in [-0.2, 0) is 6.54 Å². The highest BCUT2D eigenvalue weighted by Crippen LogP contribution is 2.22. The standard InChI is InChI=1S/C19H17N5O2/c1-13-7-5-6-10-15(13)19-21-16(23-26-19)11-24-12-20-22-18(24)17(25)14-8-3-2-4-9-14/h2-10,12,17,25H,11H2,1H3/t17-/m1/s1. The summed E-state index contributed by atoms with van der Waals surface area (Å²) in [4.78, 5) is 4.45. The molecule has 2 aromatic heterocycles. The third-order valence-corrected chi connectivity index (χ3v) is 4.16. The van der Waals surface area contributed by atoms with Crippen LogP contribution in [0.1, 0.15) is 28.9 Å². The summed E-state index contributed by atoms with van der Waals surface area (Å²) in [5.41, 5.74) is 2.71. The van der Waals surface area contributed by atoms with E-state index in [2.05, 4.69) is 20.3 Å². The Balaban J connectivity index is 1.58. The van der Waals surface area contributed by atoms with Gasteiger partial charge in [-0.2, -0.15) is 4.98 Å². The topological polar surface area (TPSA) is 89.9 Å². The second kappa shape index (κ2) is 6.89. The first kappa shape index (κ1) is 16.2. The molecule has 2 heterocycles. The summed E-state index contributed by atoms with van der Waals surface area (Å²) >= 11 is 0. The van der Waals surface area contributed by atoms with Crippen LogP contribution in [-0.4, -0.2) is 30.0 Å². The molecule has 7 nitrogen and oxygen atoms in total. The molecule has 0 bridgehead atoms. The van der Waals surface area contributed by atoms with E-state index in [1.807, 2.05) is 61.5 Å². The fraction of sp³-hybridized carbons (Fsp3) is 0.158. The Bertz CT molecular complexity index is 1010. The fourth-order valence-corrected chi connectivity index (χ4v) is 2.77. The SMILES string of the molecule is Cc1ccccc1-c1nc(Cn2cnnc2[C@H](O)c2ccccc2)no1. The molecule has 0 unspecified atom stereocenters. The van der Waals surface area contributed by atoms with Crippen molar-refractivity contribution in [1.29, 1.82) is 0 Å². The van der Waals surface area contributed by atoms with Crippen LogP contribution < -0.4 is 0 Å². The van der Waals surface area contributed by atoms with Gasteiger partial charge in [-0.05, 0) is 24.1 Å². The van der Waals surface area contributed by atoms with Crippen LogP contribution in [0.3, 0.4) is 0 Å². The summed E-state index contributed by atoms with van der Waals surface area (Å²) in [5.74, 6) is 1.39. The maximum absolute atomic E-state index is 10.6. The fourth-order valence-electron chi connectivity index (χ4n) is 2.77. The second-order valence-corrected chi connectivity index (χ2v) is 5.96. The van der Waals surface area contributed by atoms with E-state index in [0.29, 0.717) is 24.1 Å². The van der Waals surface area contributed by atoms with Gasteiger partial charge in [0.25, 0.3) is 5.89 Å². The third kappa shape index (κ3) is 3.12. The second-order valence-electron chi connectivity index (χ2n) is 5.96. The van der Waals surface area contributed by atoms with Crippen molar-refractivity contribution in [3.8, 4) is 11.5 Å². The van der Waals surface area contributed by atoms with Gasteiger partial charge in [-0.25, -0.2) is 0 Å². The molecule has 0 fully saturated rings. The minimum Gasteiger partial charge on any atom is -0.380 e. The van der Waals surface area contributed by atoms with Crippen molar-refractivity contribution in [3.63, 3.8) is 0 Å². The van der Waals surface area contributed by atoms with Gasteiger partial charge in [0, 0.05) is 5.56 Å². The Morgan fingerprint density at radius 1 is 1.08 bits per heavy atom. The maximum Gasteiger partial charge on any atom is 0.258 e. The summed E-state index contributed by atoms with van der Waals surface area (Å²) in [6.07, 6.45) is 0.673. The number of aromatic nitrogens is 5. The van der Waals surface area contributed by atoms with E-state index < -0.39 is 6.10 Å². The highest BCUT2D eigenvalue weighted by molar-refractivity contribution is 5.57. The Kier molecular flexibility index (Phi) is 4.28. The average molecular weight is 347 g/mol. The Morgan fingerprint density at radius 2 is 1.85 bits per heavy atom. The summed E-state index contributed by atoms with van der Waals surface area (Å²) in [6.45, 7) is 2.30. The van der Waals surface area contributed by atoms with E-state index in [1.165, 1.54) is 0 Å². The first-order valence-corrected chi connectivity index (χ1v) is 8.21. The predicted octanol–water partition coefficient (Wildman–Crippen LogP) is 2.77. The van der Waals surface area contributed by atoms with Gasteiger partial charge < -0.3 is 14.2 Å². The van der Waals surface area contributed by atoms with Crippen LogP contribution in [0.4, 0.5) is 0 Å². The molecule has 0 amide bonds. The molecular weight excluding hydrogens is 330 g/mol. The molecular formula is C19H17N5O2. The molecule has 0 aliphatic heterocycles. The number of benzene rings is 2. The smallest absolute Gasteiger partial charge is 0.258 e. The lowest BCUT2D eigenvalue weighted by Crippen LogP contribution is -2.11. The molecule has 1 atom stereocenters. The van der Waals surface area contributed by atoms with E-state index in [1.54, 1.807) is 10.9 Å². The summed E-state index contributed by atoms with van der Waals surface area (Å²) in [6, 6.07) is 17.1. The molecule has 0 spiro atoms. The van der Waals surface area contributed by atoms with Crippen LogP contribution in [0, 0.1) is 6.92 Å². The molecule has 7 heteroatoms. The Hall–Kier alpha value is -3.32. The van der Waals surface area contributed by atoms with E-state index in [-0.39, 0.29) is 0 Å². The van der Waals surface area contributed by atoms with Gasteiger partial charge >= 0.3 is 0 Å². The number of aliphatic hydroxyl groups excluding tert-OH is 1. The number of aliphatic hydroxyl groups is 1. The molecule has 0 saturated heterocycles. The summed E-state index contributed by atoms with van der Waals surface area (Å²) < 4.78 is 7.10. The number of aryl methyl sites for hydroxylation is 1. The molecule has 4 aromatic rings. The van der Waals surface area contributed by atoms with Gasteiger partial charge in [0.15, 0.2) is 11.6 Å². The van der Waals surface area contributed by atoms with Crippen molar-refractivity contribution >= 4 is 0 Å². The van der Waals surface area contributed by atoms with E-state index in [0.717, 1.165) is 16.7 Å². The zero-order valence-corrected chi connectivity index (χ0v) is 14.1. The van der Waals surface area contributed by atoms with Crippen molar-refractivity contribution in [1.82, 2.24) is 24.9 Å². The van der Waals surface area contributed by atoms with E-state index in [4.69, 9.17) is 4.52 Å².